The van der Waals surface area contributed by atoms with Gasteiger partial charge in [0.2, 0.25) is 5.89 Å². The molecule has 1 aromatic carbocycles. The first-order valence-electron chi connectivity index (χ1n) is 5.64. The standard InChI is InChI=1S/C11H12N4O5S/c1-6-13-14-11(20-6)15-21(17,18)9-4-3-7(12)5-8(9)10(16)19-2/h3-5H,12H2,1-2H3,(H,14,15). The maximum absolute atomic E-state index is 12.3. The lowest BCUT2D eigenvalue weighted by molar-refractivity contribution is 0.0596. The Morgan fingerprint density at radius 3 is 2.67 bits per heavy atom. The van der Waals surface area contributed by atoms with E-state index in [1.807, 2.05) is 0 Å². The SMILES string of the molecule is COC(=O)c1cc(N)ccc1S(=O)(=O)Nc1nnc(C)o1. The zero-order valence-corrected chi connectivity index (χ0v) is 12.0. The van der Waals surface area contributed by atoms with Crippen molar-refractivity contribution >= 4 is 27.7 Å². The van der Waals surface area contributed by atoms with Crippen LogP contribution in [0.2, 0.25) is 0 Å². The third-order valence-electron chi connectivity index (χ3n) is 2.45. The van der Waals surface area contributed by atoms with E-state index in [-0.39, 0.29) is 28.1 Å². The summed E-state index contributed by atoms with van der Waals surface area (Å²) in [6, 6.07) is 3.44. The fourth-order valence-corrected chi connectivity index (χ4v) is 2.66. The maximum atomic E-state index is 12.3. The number of hydrogen-bond donors (Lipinski definition) is 2. The summed E-state index contributed by atoms with van der Waals surface area (Å²) in [4.78, 5) is 11.4. The highest BCUT2D eigenvalue weighted by Gasteiger charge is 2.25. The van der Waals surface area contributed by atoms with Gasteiger partial charge in [-0.1, -0.05) is 5.10 Å². The van der Waals surface area contributed by atoms with E-state index in [4.69, 9.17) is 10.2 Å². The molecule has 0 aliphatic heterocycles. The van der Waals surface area contributed by atoms with Crippen LogP contribution in [0.15, 0.2) is 27.5 Å². The number of aryl methyl sites for hydroxylation is 1. The fourth-order valence-electron chi connectivity index (χ4n) is 1.56. The Kier molecular flexibility index (Phi) is 3.80. The van der Waals surface area contributed by atoms with E-state index in [1.54, 1.807) is 0 Å². The van der Waals surface area contributed by atoms with Crippen LogP contribution in [-0.2, 0) is 14.8 Å². The van der Waals surface area contributed by atoms with Crippen molar-refractivity contribution in [2.75, 3.05) is 17.6 Å². The van der Waals surface area contributed by atoms with E-state index >= 15 is 0 Å². The first-order chi connectivity index (χ1) is 9.83. The predicted octanol–water partition coefficient (Wildman–Crippen LogP) is 0.548. The highest BCUT2D eigenvalue weighted by atomic mass is 32.2. The molecule has 0 saturated carbocycles. The molecule has 0 unspecified atom stereocenters. The Bertz CT molecular complexity index is 784. The van der Waals surface area contributed by atoms with Crippen molar-refractivity contribution in [2.24, 2.45) is 0 Å². The van der Waals surface area contributed by atoms with E-state index in [1.165, 1.54) is 25.1 Å². The molecule has 2 aromatic rings. The molecule has 1 heterocycles. The summed E-state index contributed by atoms with van der Waals surface area (Å²) in [5.41, 5.74) is 5.59. The highest BCUT2D eigenvalue weighted by molar-refractivity contribution is 7.92. The van der Waals surface area contributed by atoms with Crippen LogP contribution in [0.1, 0.15) is 16.2 Å². The number of hydrogen-bond acceptors (Lipinski definition) is 8. The molecule has 2 rings (SSSR count). The van der Waals surface area contributed by atoms with E-state index in [0.29, 0.717) is 0 Å². The number of sulfonamides is 1. The van der Waals surface area contributed by atoms with Crippen LogP contribution in [0.5, 0.6) is 0 Å². The van der Waals surface area contributed by atoms with E-state index in [0.717, 1.165) is 7.11 Å². The molecule has 0 spiro atoms. The summed E-state index contributed by atoms with van der Waals surface area (Å²) in [6.07, 6.45) is 0. The van der Waals surface area contributed by atoms with Crippen LogP contribution in [0.3, 0.4) is 0 Å². The lowest BCUT2D eigenvalue weighted by Crippen LogP contribution is -2.18. The van der Waals surface area contributed by atoms with Gasteiger partial charge in [-0.3, -0.25) is 0 Å². The normalized spacial score (nSPS) is 11.1. The van der Waals surface area contributed by atoms with Crippen LogP contribution in [-0.4, -0.2) is 31.7 Å². The van der Waals surface area contributed by atoms with Gasteiger partial charge in [0.05, 0.1) is 12.7 Å². The quantitative estimate of drug-likeness (QED) is 0.616. The minimum Gasteiger partial charge on any atom is -0.465 e. The van der Waals surface area contributed by atoms with Crippen LogP contribution < -0.4 is 10.5 Å². The van der Waals surface area contributed by atoms with E-state index in [9.17, 15) is 13.2 Å². The molecule has 0 atom stereocenters. The number of nitrogen functional groups attached to an aromatic ring is 1. The summed E-state index contributed by atoms with van der Waals surface area (Å²) in [5.74, 6) is -0.636. The van der Waals surface area contributed by atoms with E-state index < -0.39 is 16.0 Å². The average Bonchev–Trinajstić information content (AvgIpc) is 2.82. The largest absolute Gasteiger partial charge is 0.465 e. The van der Waals surface area contributed by atoms with Crippen molar-refractivity contribution in [1.29, 1.82) is 0 Å². The number of methoxy groups -OCH3 is 1. The summed E-state index contributed by atoms with van der Waals surface area (Å²) < 4.78 is 36.1. The number of nitrogens with two attached hydrogens (primary N) is 1. The van der Waals surface area contributed by atoms with Gasteiger partial charge in [0.1, 0.15) is 4.90 Å². The number of rotatable bonds is 4. The van der Waals surface area contributed by atoms with Gasteiger partial charge in [0.15, 0.2) is 0 Å². The van der Waals surface area contributed by atoms with Crippen molar-refractivity contribution in [2.45, 2.75) is 11.8 Å². The van der Waals surface area contributed by atoms with Gasteiger partial charge in [-0.25, -0.2) is 17.9 Å². The monoisotopic (exact) mass is 312 g/mol. The number of esters is 1. The minimum absolute atomic E-state index is 0.193. The molecule has 0 aliphatic rings. The minimum atomic E-state index is -4.11. The molecular weight excluding hydrogens is 300 g/mol. The summed E-state index contributed by atoms with van der Waals surface area (Å²) in [7, 11) is -2.97. The topological polar surface area (TPSA) is 137 Å². The molecule has 10 heteroatoms. The Hall–Kier alpha value is -2.62. The predicted molar refractivity (Wildman–Crippen MR) is 72.0 cm³/mol. The van der Waals surface area contributed by atoms with Gasteiger partial charge in [-0.2, -0.15) is 0 Å². The van der Waals surface area contributed by atoms with Gasteiger partial charge in [-0.05, 0) is 18.2 Å². The zero-order valence-electron chi connectivity index (χ0n) is 11.2. The summed E-state index contributed by atoms with van der Waals surface area (Å²) >= 11 is 0. The number of nitrogens with one attached hydrogen (secondary N) is 1. The second-order valence-corrected chi connectivity index (χ2v) is 5.63. The fraction of sp³-hybridized carbons (Fsp3) is 0.182. The molecule has 0 aliphatic carbocycles. The lowest BCUT2D eigenvalue weighted by Gasteiger charge is -2.09. The second-order valence-electron chi connectivity index (χ2n) is 3.98. The van der Waals surface area contributed by atoms with Crippen molar-refractivity contribution in [3.05, 3.63) is 29.7 Å². The Morgan fingerprint density at radius 2 is 2.10 bits per heavy atom. The number of ether oxygens (including phenoxy) is 1. The smallest absolute Gasteiger partial charge is 0.339 e. The third-order valence-corrected chi connectivity index (χ3v) is 3.82. The molecule has 0 bridgehead atoms. The van der Waals surface area contributed by atoms with Crippen LogP contribution in [0.25, 0.3) is 0 Å². The van der Waals surface area contributed by atoms with Crippen molar-refractivity contribution in [1.82, 2.24) is 10.2 Å². The van der Waals surface area contributed by atoms with Crippen molar-refractivity contribution < 1.29 is 22.4 Å². The highest BCUT2D eigenvalue weighted by Crippen LogP contribution is 2.22. The Morgan fingerprint density at radius 1 is 1.38 bits per heavy atom. The number of carbonyl (C=O) groups excluding carboxylic acids is 1. The zero-order chi connectivity index (χ0) is 15.6. The molecule has 3 N–H and O–H groups in total. The Balaban J connectivity index is 2.46. The first-order valence-corrected chi connectivity index (χ1v) is 7.12. The van der Waals surface area contributed by atoms with Gasteiger partial charge in [0.25, 0.3) is 10.0 Å². The first kappa shape index (κ1) is 14.8. The summed E-state index contributed by atoms with van der Waals surface area (Å²) in [6.45, 7) is 1.51. The van der Waals surface area contributed by atoms with Crippen LogP contribution >= 0.6 is 0 Å². The van der Waals surface area contributed by atoms with E-state index in [2.05, 4.69) is 19.7 Å². The van der Waals surface area contributed by atoms with Crippen LogP contribution in [0, 0.1) is 6.92 Å². The molecule has 0 amide bonds. The number of anilines is 2. The van der Waals surface area contributed by atoms with Crippen molar-refractivity contribution in [3.8, 4) is 0 Å². The number of carbonyl (C=O) groups is 1. The molecular formula is C11H12N4O5S. The number of aromatic nitrogens is 2. The van der Waals surface area contributed by atoms with Gasteiger partial charge in [0, 0.05) is 12.6 Å². The lowest BCUT2D eigenvalue weighted by atomic mass is 10.2. The number of benzene rings is 1. The molecule has 0 fully saturated rings. The average molecular weight is 312 g/mol. The van der Waals surface area contributed by atoms with Gasteiger partial charge in [-0.15, -0.1) is 5.10 Å². The van der Waals surface area contributed by atoms with Crippen LogP contribution in [0.4, 0.5) is 11.7 Å². The van der Waals surface area contributed by atoms with Gasteiger partial charge >= 0.3 is 12.0 Å². The molecule has 1 aromatic heterocycles. The van der Waals surface area contributed by atoms with Gasteiger partial charge < -0.3 is 14.9 Å². The molecule has 0 radical (unpaired) electrons. The molecule has 112 valence electrons. The number of nitrogens with zero attached hydrogens (tertiary/aromatic N) is 2. The molecule has 0 saturated heterocycles. The van der Waals surface area contributed by atoms with Crippen molar-refractivity contribution in [3.63, 3.8) is 0 Å². The summed E-state index contributed by atoms with van der Waals surface area (Å²) in [5, 5.41) is 7.02. The molecule has 21 heavy (non-hydrogen) atoms. The second kappa shape index (κ2) is 5.40. The Labute approximate surface area is 120 Å². The maximum Gasteiger partial charge on any atom is 0.339 e. The third kappa shape index (κ3) is 3.11. The molecule has 9 nitrogen and oxygen atoms in total.